The van der Waals surface area contributed by atoms with Crippen molar-refractivity contribution in [1.82, 2.24) is 15.1 Å². The van der Waals surface area contributed by atoms with E-state index in [0.29, 0.717) is 24.8 Å². The van der Waals surface area contributed by atoms with Crippen molar-refractivity contribution in [3.05, 3.63) is 133 Å². The van der Waals surface area contributed by atoms with Gasteiger partial charge in [0.2, 0.25) is 17.7 Å². The number of likely N-dealkylation sites (tertiary alicyclic amines) is 1. The average Bonchev–Trinajstić information content (AvgIpc) is 3.81. The number of esters is 1. The Hall–Kier alpha value is -5.06. The molecule has 3 fully saturated rings. The number of rotatable bonds is 16. The molecule has 3 heterocycles. The highest BCUT2D eigenvalue weighted by Crippen LogP contribution is 2.60. The molecular formula is C41H45N3O7. The van der Waals surface area contributed by atoms with Crippen molar-refractivity contribution in [2.24, 2.45) is 11.8 Å². The molecule has 3 saturated heterocycles. The van der Waals surface area contributed by atoms with Crippen LogP contribution in [-0.2, 0) is 35.2 Å². The molecule has 3 aliphatic heterocycles. The molecule has 3 aliphatic rings. The lowest BCUT2D eigenvalue weighted by atomic mass is 9.70. The first kappa shape index (κ1) is 35.8. The van der Waals surface area contributed by atoms with Gasteiger partial charge in [0.25, 0.3) is 0 Å². The van der Waals surface area contributed by atoms with E-state index in [4.69, 9.17) is 9.47 Å². The Bertz CT molecular complexity index is 1720. The zero-order valence-electron chi connectivity index (χ0n) is 28.6. The fourth-order valence-corrected chi connectivity index (χ4v) is 8.04. The van der Waals surface area contributed by atoms with Crippen molar-refractivity contribution in [2.45, 2.75) is 62.1 Å². The minimum atomic E-state index is -1.29. The maximum absolute atomic E-state index is 14.9. The zero-order chi connectivity index (χ0) is 36.0. The summed E-state index contributed by atoms with van der Waals surface area (Å²) >= 11 is 0. The van der Waals surface area contributed by atoms with E-state index in [9.17, 15) is 24.3 Å². The van der Waals surface area contributed by atoms with Crippen molar-refractivity contribution < 1.29 is 33.8 Å². The number of allylic oxidation sites excluding steroid dienone is 1. The Balaban J connectivity index is 1.35. The lowest BCUT2D eigenvalue weighted by molar-refractivity contribution is -0.151. The van der Waals surface area contributed by atoms with E-state index in [0.717, 1.165) is 11.1 Å². The molecule has 10 heteroatoms. The number of hydrogen-bond acceptors (Lipinski definition) is 7. The van der Waals surface area contributed by atoms with E-state index in [-0.39, 0.29) is 32.0 Å². The van der Waals surface area contributed by atoms with Gasteiger partial charge in [-0.25, -0.2) is 0 Å². The highest BCUT2D eigenvalue weighted by Gasteiger charge is 2.75. The molecule has 0 aliphatic carbocycles. The molecule has 3 aromatic rings. The smallest absolute Gasteiger partial charge is 0.306 e. The minimum absolute atomic E-state index is 0.0996. The van der Waals surface area contributed by atoms with Gasteiger partial charge in [0.1, 0.15) is 18.2 Å². The summed E-state index contributed by atoms with van der Waals surface area (Å²) in [7, 11) is 0. The third kappa shape index (κ3) is 7.11. The number of nitrogens with zero attached hydrogens (tertiary/aromatic N) is 2. The number of amides is 3. The summed E-state index contributed by atoms with van der Waals surface area (Å²) < 4.78 is 12.3. The molecule has 51 heavy (non-hydrogen) atoms. The number of ether oxygens (including phenoxy) is 2. The predicted molar refractivity (Wildman–Crippen MR) is 190 cm³/mol. The first-order chi connectivity index (χ1) is 24.8. The monoisotopic (exact) mass is 691 g/mol. The van der Waals surface area contributed by atoms with E-state index >= 15 is 0 Å². The third-order valence-electron chi connectivity index (χ3n) is 10.3. The van der Waals surface area contributed by atoms with Crippen molar-refractivity contribution in [3.63, 3.8) is 0 Å². The molecule has 10 nitrogen and oxygen atoms in total. The van der Waals surface area contributed by atoms with Crippen LogP contribution in [0, 0.1) is 11.8 Å². The van der Waals surface area contributed by atoms with Crippen molar-refractivity contribution >= 4 is 23.7 Å². The number of aliphatic hydroxyl groups excluding tert-OH is 1. The second-order valence-corrected chi connectivity index (χ2v) is 13.4. The maximum Gasteiger partial charge on any atom is 0.306 e. The van der Waals surface area contributed by atoms with Crippen molar-refractivity contribution in [1.29, 1.82) is 0 Å². The highest BCUT2D eigenvalue weighted by molar-refractivity contribution is 5.99. The Kier molecular flexibility index (Phi) is 11.1. The fourth-order valence-electron chi connectivity index (χ4n) is 8.04. The van der Waals surface area contributed by atoms with E-state index in [1.165, 1.54) is 4.90 Å². The van der Waals surface area contributed by atoms with Crippen molar-refractivity contribution in [3.8, 4) is 0 Å². The summed E-state index contributed by atoms with van der Waals surface area (Å²) in [5.74, 6) is -3.46. The number of aliphatic hydroxyl groups is 1. The van der Waals surface area contributed by atoms with Crippen LogP contribution in [0.5, 0.6) is 0 Å². The molecule has 2 bridgehead atoms. The van der Waals surface area contributed by atoms with Gasteiger partial charge in [-0.05, 0) is 36.0 Å². The van der Waals surface area contributed by atoms with E-state index < -0.39 is 66.1 Å². The van der Waals surface area contributed by atoms with Gasteiger partial charge in [0, 0.05) is 19.5 Å². The van der Waals surface area contributed by atoms with Gasteiger partial charge >= 0.3 is 5.97 Å². The second-order valence-electron chi connectivity index (χ2n) is 13.4. The predicted octanol–water partition coefficient (Wildman–Crippen LogP) is 4.68. The van der Waals surface area contributed by atoms with E-state index in [1.54, 1.807) is 17.1 Å². The highest BCUT2D eigenvalue weighted by atomic mass is 16.5. The Labute approximate surface area is 298 Å². The molecule has 6 rings (SSSR count). The lowest BCUT2D eigenvalue weighted by Crippen LogP contribution is -2.57. The SMILES string of the molecule is C=CCCC(=O)OC[C@@H](NC(=O)[C@@H]1[C@@H]2CC[C@]3(O2)[C@H](C(=O)N(CC=C)Cc2ccccc2)N([C@H](CO)c2ccccc2)C(=O)[C@@H]13)c1ccccc1. The van der Waals surface area contributed by atoms with E-state index in [2.05, 4.69) is 18.5 Å². The standard InChI is InChI=1S/C41H45N3O7/c1-3-5-21-34(46)50-27-31(29-17-11-7-12-18-29)42-38(47)35-33-22-23-41(51-33)36(35)39(48)44(32(26-45)30-19-13-8-14-20-30)37(41)40(49)43(24-4-2)25-28-15-9-6-10-16-28/h3-4,6-20,31-33,35-37,45H,1-2,5,21-27H2,(H,42,47)/t31-,32-,33+,35-,36-,37+,41-/m1/s1. The van der Waals surface area contributed by atoms with Crippen LogP contribution in [0.1, 0.15) is 54.5 Å². The van der Waals surface area contributed by atoms with Crippen LogP contribution < -0.4 is 5.32 Å². The first-order valence-electron chi connectivity index (χ1n) is 17.5. The van der Waals surface area contributed by atoms with E-state index in [1.807, 2.05) is 91.0 Å². The molecular weight excluding hydrogens is 646 g/mol. The van der Waals surface area contributed by atoms with Crippen LogP contribution in [0.4, 0.5) is 0 Å². The molecule has 7 atom stereocenters. The van der Waals surface area contributed by atoms with Gasteiger partial charge in [0.05, 0.1) is 36.6 Å². The number of hydrogen-bond donors (Lipinski definition) is 2. The molecule has 0 saturated carbocycles. The second kappa shape index (κ2) is 15.9. The van der Waals surface area contributed by atoms with Crippen LogP contribution in [-0.4, -0.2) is 76.1 Å². The van der Waals surface area contributed by atoms with Gasteiger partial charge in [-0.15, -0.1) is 13.2 Å². The van der Waals surface area contributed by atoms with Gasteiger partial charge in [0.15, 0.2) is 0 Å². The first-order valence-corrected chi connectivity index (χ1v) is 17.5. The number of carbonyl (C=O) groups excluding carboxylic acids is 4. The quantitative estimate of drug-likeness (QED) is 0.165. The van der Waals surface area contributed by atoms with Crippen molar-refractivity contribution in [2.75, 3.05) is 19.8 Å². The molecule has 0 radical (unpaired) electrons. The molecule has 0 unspecified atom stereocenters. The summed E-state index contributed by atoms with van der Waals surface area (Å²) in [6, 6.07) is 25.2. The Morgan fingerprint density at radius 1 is 0.980 bits per heavy atom. The van der Waals surface area contributed by atoms with Gasteiger partial charge in [-0.2, -0.15) is 0 Å². The zero-order valence-corrected chi connectivity index (χ0v) is 28.6. The maximum atomic E-state index is 14.9. The lowest BCUT2D eigenvalue weighted by Gasteiger charge is -2.39. The Morgan fingerprint density at radius 2 is 1.63 bits per heavy atom. The summed E-state index contributed by atoms with van der Waals surface area (Å²) in [6.45, 7) is 7.51. The number of nitrogens with one attached hydrogen (secondary N) is 1. The molecule has 2 N–H and O–H groups in total. The molecule has 3 aromatic carbocycles. The minimum Gasteiger partial charge on any atom is -0.463 e. The topological polar surface area (TPSA) is 125 Å². The van der Waals surface area contributed by atoms with Crippen LogP contribution in [0.25, 0.3) is 0 Å². The molecule has 266 valence electrons. The number of benzene rings is 3. The number of carbonyl (C=O) groups is 4. The average molecular weight is 692 g/mol. The number of fused-ring (bicyclic) bond motifs is 1. The molecule has 3 amide bonds. The fraction of sp³-hybridized carbons (Fsp3) is 0.366. The normalized spacial score (nSPS) is 24.3. The van der Waals surface area contributed by atoms with Gasteiger partial charge in [-0.1, -0.05) is 103 Å². The summed E-state index contributed by atoms with van der Waals surface area (Å²) in [6.07, 6.45) is 4.19. The van der Waals surface area contributed by atoms with Crippen LogP contribution in [0.2, 0.25) is 0 Å². The third-order valence-corrected chi connectivity index (χ3v) is 10.3. The molecule has 1 spiro atoms. The van der Waals surface area contributed by atoms with Crippen LogP contribution in [0.3, 0.4) is 0 Å². The Morgan fingerprint density at radius 3 is 2.25 bits per heavy atom. The van der Waals surface area contributed by atoms with Crippen LogP contribution >= 0.6 is 0 Å². The largest absolute Gasteiger partial charge is 0.463 e. The summed E-state index contributed by atoms with van der Waals surface area (Å²) in [5.41, 5.74) is 1.02. The molecule has 0 aromatic heterocycles. The van der Waals surface area contributed by atoms with Gasteiger partial charge in [-0.3, -0.25) is 19.2 Å². The van der Waals surface area contributed by atoms with Gasteiger partial charge < -0.3 is 29.7 Å². The summed E-state index contributed by atoms with van der Waals surface area (Å²) in [5, 5.41) is 13.9. The summed E-state index contributed by atoms with van der Waals surface area (Å²) in [4.78, 5) is 59.7. The van der Waals surface area contributed by atoms with Crippen LogP contribution in [0.15, 0.2) is 116 Å².